The third-order valence-electron chi connectivity index (χ3n) is 5.47. The van der Waals surface area contributed by atoms with Crippen LogP contribution in [-0.2, 0) is 11.4 Å². The number of anilines is 1. The number of halogens is 1. The van der Waals surface area contributed by atoms with Crippen molar-refractivity contribution in [2.75, 3.05) is 17.9 Å². The molecule has 5 rings (SSSR count). The molecule has 178 valence electrons. The maximum Gasteiger partial charge on any atom is 0.240 e. The van der Waals surface area contributed by atoms with Crippen LogP contribution < -0.4 is 20.2 Å². The summed E-state index contributed by atoms with van der Waals surface area (Å²) in [6.07, 6.45) is 0. The Bertz CT molecular complexity index is 1320. The van der Waals surface area contributed by atoms with Crippen molar-refractivity contribution in [3.05, 3.63) is 96.1 Å². The highest BCUT2D eigenvalue weighted by Crippen LogP contribution is 2.38. The minimum absolute atomic E-state index is 0.179. The van der Waals surface area contributed by atoms with Crippen LogP contribution in [0, 0.1) is 5.82 Å². The van der Waals surface area contributed by atoms with E-state index in [0.717, 1.165) is 5.56 Å². The van der Waals surface area contributed by atoms with Crippen molar-refractivity contribution in [2.24, 2.45) is 0 Å². The molecule has 2 heterocycles. The quantitative estimate of drug-likeness (QED) is 0.396. The van der Waals surface area contributed by atoms with E-state index in [9.17, 15) is 9.18 Å². The van der Waals surface area contributed by atoms with E-state index in [1.54, 1.807) is 36.1 Å². The van der Waals surface area contributed by atoms with Crippen molar-refractivity contribution in [1.82, 2.24) is 14.9 Å². The Labute approximate surface area is 205 Å². The Morgan fingerprint density at radius 1 is 1.06 bits per heavy atom. The highest BCUT2D eigenvalue weighted by Gasteiger charge is 2.38. The van der Waals surface area contributed by atoms with Crippen LogP contribution in [0.3, 0.4) is 0 Å². The molecule has 0 aliphatic carbocycles. The average molecular weight is 492 g/mol. The number of aromatic nitrogens is 3. The van der Waals surface area contributed by atoms with E-state index in [1.807, 2.05) is 42.5 Å². The zero-order valence-corrected chi connectivity index (χ0v) is 19.5. The molecule has 1 aliphatic heterocycles. The van der Waals surface area contributed by atoms with Gasteiger partial charge in [0.1, 0.15) is 29.2 Å². The number of benzene rings is 3. The third kappa shape index (κ3) is 4.92. The van der Waals surface area contributed by atoms with Crippen LogP contribution in [-0.4, -0.2) is 33.1 Å². The zero-order chi connectivity index (χ0) is 24.2. The summed E-state index contributed by atoms with van der Waals surface area (Å²) < 4.78 is 26.6. The Morgan fingerprint density at radius 2 is 1.80 bits per heavy atom. The topological polar surface area (TPSA) is 90.3 Å². The number of hydrogen-bond acceptors (Lipinski definition) is 7. The average Bonchev–Trinajstić information content (AvgIpc) is 3.30. The van der Waals surface area contributed by atoms with E-state index < -0.39 is 11.3 Å². The SMILES string of the molecule is COc1ccccc1NC(=O)[C@@H]1Sc2nnc(COc3ccccc3)n2N[C@@H]1c1ccc(F)cc1. The Balaban J connectivity index is 1.43. The van der Waals surface area contributed by atoms with E-state index in [-0.39, 0.29) is 18.3 Å². The van der Waals surface area contributed by atoms with Crippen LogP contribution in [0.15, 0.2) is 84.0 Å². The van der Waals surface area contributed by atoms with E-state index >= 15 is 0 Å². The van der Waals surface area contributed by atoms with Crippen molar-refractivity contribution in [1.29, 1.82) is 0 Å². The molecule has 2 N–H and O–H groups in total. The van der Waals surface area contributed by atoms with E-state index in [0.29, 0.717) is 28.2 Å². The van der Waals surface area contributed by atoms with Crippen LogP contribution in [0.2, 0.25) is 0 Å². The lowest BCUT2D eigenvalue weighted by atomic mass is 10.0. The van der Waals surface area contributed by atoms with Gasteiger partial charge in [-0.1, -0.05) is 54.2 Å². The number of hydrogen-bond donors (Lipinski definition) is 2. The molecule has 1 amide bonds. The lowest BCUT2D eigenvalue weighted by molar-refractivity contribution is -0.116. The summed E-state index contributed by atoms with van der Waals surface area (Å²) in [4.78, 5) is 13.4. The van der Waals surface area contributed by atoms with Crippen molar-refractivity contribution < 1.29 is 18.7 Å². The number of para-hydroxylation sites is 3. The summed E-state index contributed by atoms with van der Waals surface area (Å²) in [7, 11) is 1.55. The molecular weight excluding hydrogens is 469 g/mol. The van der Waals surface area contributed by atoms with Gasteiger partial charge >= 0.3 is 0 Å². The van der Waals surface area contributed by atoms with E-state index in [2.05, 4.69) is 20.9 Å². The minimum Gasteiger partial charge on any atom is -0.495 e. The molecule has 1 aromatic heterocycles. The van der Waals surface area contributed by atoms with Crippen LogP contribution >= 0.6 is 11.8 Å². The first kappa shape index (κ1) is 22.7. The largest absolute Gasteiger partial charge is 0.495 e. The molecule has 0 fully saturated rings. The van der Waals surface area contributed by atoms with Crippen molar-refractivity contribution in [2.45, 2.75) is 23.1 Å². The fourth-order valence-corrected chi connectivity index (χ4v) is 4.83. The van der Waals surface area contributed by atoms with Gasteiger partial charge in [0.25, 0.3) is 0 Å². The number of nitrogens with zero attached hydrogens (tertiary/aromatic N) is 3. The number of nitrogens with one attached hydrogen (secondary N) is 2. The van der Waals surface area contributed by atoms with Crippen molar-refractivity contribution >= 4 is 23.4 Å². The number of carbonyl (C=O) groups is 1. The van der Waals surface area contributed by atoms with Gasteiger partial charge in [0.15, 0.2) is 5.82 Å². The van der Waals surface area contributed by atoms with Gasteiger partial charge in [0, 0.05) is 0 Å². The molecule has 0 spiro atoms. The van der Waals surface area contributed by atoms with E-state index in [1.165, 1.54) is 23.9 Å². The van der Waals surface area contributed by atoms with Gasteiger partial charge in [-0.3, -0.25) is 4.79 Å². The van der Waals surface area contributed by atoms with Crippen LogP contribution in [0.25, 0.3) is 0 Å². The second-order valence-corrected chi connectivity index (χ2v) is 8.83. The maximum absolute atomic E-state index is 13.6. The molecule has 8 nitrogen and oxygen atoms in total. The first-order valence-electron chi connectivity index (χ1n) is 10.9. The lowest BCUT2D eigenvalue weighted by Crippen LogP contribution is -2.41. The third-order valence-corrected chi connectivity index (χ3v) is 6.68. The smallest absolute Gasteiger partial charge is 0.240 e. The standard InChI is InChI=1S/C25H22FN5O3S/c1-33-20-10-6-5-9-19(20)27-24(32)23-22(16-11-13-17(26)14-12-16)30-31-21(28-29-25(31)35-23)15-34-18-7-3-2-4-8-18/h2-14,22-23,30H,15H2,1H3,(H,27,32)/t22-,23-/m1/s1. The molecule has 35 heavy (non-hydrogen) atoms. The van der Waals surface area contributed by atoms with Gasteiger partial charge in [-0.25, -0.2) is 9.07 Å². The summed E-state index contributed by atoms with van der Waals surface area (Å²) in [6.45, 7) is 0.179. The Hall–Kier alpha value is -4.05. The van der Waals surface area contributed by atoms with Crippen LogP contribution in [0.4, 0.5) is 10.1 Å². The van der Waals surface area contributed by atoms with Gasteiger partial charge in [-0.05, 0) is 42.0 Å². The number of thioether (sulfide) groups is 1. The normalized spacial score (nSPS) is 16.6. The highest BCUT2D eigenvalue weighted by atomic mass is 32.2. The molecule has 0 bridgehead atoms. The summed E-state index contributed by atoms with van der Waals surface area (Å²) in [6, 6.07) is 22.2. The van der Waals surface area contributed by atoms with Crippen LogP contribution in [0.1, 0.15) is 17.4 Å². The molecule has 0 unspecified atom stereocenters. The highest BCUT2D eigenvalue weighted by molar-refractivity contribution is 8.00. The lowest BCUT2D eigenvalue weighted by Gasteiger charge is -2.33. The van der Waals surface area contributed by atoms with Gasteiger partial charge in [0.05, 0.1) is 18.8 Å². The summed E-state index contributed by atoms with van der Waals surface area (Å²) in [5.74, 6) is 1.20. The monoisotopic (exact) mass is 491 g/mol. The molecule has 0 saturated carbocycles. The molecule has 10 heteroatoms. The predicted octanol–water partition coefficient (Wildman–Crippen LogP) is 4.40. The van der Waals surface area contributed by atoms with E-state index in [4.69, 9.17) is 9.47 Å². The molecule has 2 atom stereocenters. The van der Waals surface area contributed by atoms with Crippen LogP contribution in [0.5, 0.6) is 11.5 Å². The number of rotatable bonds is 7. The number of fused-ring (bicyclic) bond motifs is 1. The fourth-order valence-electron chi connectivity index (χ4n) is 3.73. The summed E-state index contributed by atoms with van der Waals surface area (Å²) in [5, 5.41) is 11.4. The number of carbonyl (C=O) groups excluding carboxylic acids is 1. The molecular formula is C25H22FN5O3S. The first-order chi connectivity index (χ1) is 17.1. The predicted molar refractivity (Wildman–Crippen MR) is 131 cm³/mol. The van der Waals surface area contributed by atoms with Gasteiger partial charge in [-0.2, -0.15) is 0 Å². The number of ether oxygens (including phenoxy) is 2. The van der Waals surface area contributed by atoms with Crippen molar-refractivity contribution in [3.8, 4) is 11.5 Å². The molecule has 3 aromatic carbocycles. The fraction of sp³-hybridized carbons (Fsp3) is 0.160. The number of amides is 1. The van der Waals surface area contributed by atoms with Crippen molar-refractivity contribution in [3.63, 3.8) is 0 Å². The van der Waals surface area contributed by atoms with Gasteiger partial charge < -0.3 is 20.2 Å². The second kappa shape index (κ2) is 10.1. The second-order valence-electron chi connectivity index (χ2n) is 7.72. The molecule has 0 radical (unpaired) electrons. The first-order valence-corrected chi connectivity index (χ1v) is 11.7. The minimum atomic E-state index is -0.620. The Morgan fingerprint density at radius 3 is 2.57 bits per heavy atom. The summed E-state index contributed by atoms with van der Waals surface area (Å²) >= 11 is 1.27. The molecule has 4 aromatic rings. The zero-order valence-electron chi connectivity index (χ0n) is 18.7. The summed E-state index contributed by atoms with van der Waals surface area (Å²) in [5.41, 5.74) is 4.64. The molecule has 1 aliphatic rings. The Kier molecular flexibility index (Phi) is 6.53. The van der Waals surface area contributed by atoms with Gasteiger partial charge in [-0.15, -0.1) is 10.2 Å². The molecule has 0 saturated heterocycles. The number of methoxy groups -OCH3 is 1. The van der Waals surface area contributed by atoms with Gasteiger partial charge in [0.2, 0.25) is 11.1 Å². The maximum atomic E-state index is 13.6.